The lowest BCUT2D eigenvalue weighted by atomic mass is 10.1. The molecule has 3 heterocycles. The zero-order valence-electron chi connectivity index (χ0n) is 23.3. The van der Waals surface area contributed by atoms with Gasteiger partial charge in [-0.3, -0.25) is 4.98 Å². The zero-order chi connectivity index (χ0) is 28.6. The van der Waals surface area contributed by atoms with Gasteiger partial charge in [-0.15, -0.1) is 0 Å². The smallest absolute Gasteiger partial charge is 0.321 e. The molecule has 3 N–H and O–H groups in total. The predicted molar refractivity (Wildman–Crippen MR) is 156 cm³/mol. The highest BCUT2D eigenvalue weighted by Gasteiger charge is 2.25. The monoisotopic (exact) mass is 560 g/mol. The molecule has 2 amide bonds. The molecule has 5 rings (SSSR count). The van der Waals surface area contributed by atoms with Crippen LogP contribution in [-0.2, 0) is 11.3 Å². The molecule has 216 valence electrons. The van der Waals surface area contributed by atoms with Crippen LogP contribution in [0.1, 0.15) is 24.0 Å². The molecule has 2 aliphatic heterocycles. The molecule has 1 unspecified atom stereocenters. The SMILES string of the molecule is COc1cc2c(N3CCN(C(=O)Nc4ccc(C#N)cc4)CC3)c(CO)cnc2cc1OCCCC1COCCN1. The van der Waals surface area contributed by atoms with Crippen molar-refractivity contribution in [1.82, 2.24) is 15.2 Å². The summed E-state index contributed by atoms with van der Waals surface area (Å²) in [7, 11) is 1.62. The summed E-state index contributed by atoms with van der Waals surface area (Å²) in [6, 6.07) is 12.8. The minimum absolute atomic E-state index is 0.156. The van der Waals surface area contributed by atoms with E-state index in [1.807, 2.05) is 12.1 Å². The standard InChI is InChI=1S/C30H36N6O5/c1-39-27-15-25-26(16-28(27)41-13-2-3-24-20-40-14-8-32-24)33-18-22(19-37)29(25)35-9-11-36(12-10-35)30(38)34-23-6-4-21(17-31)5-7-23/h4-7,15-16,18,24,32,37H,2-3,8-14,19-20H2,1H3,(H,34,38). The molecule has 1 aromatic heterocycles. The Morgan fingerprint density at radius 3 is 2.71 bits per heavy atom. The zero-order valence-corrected chi connectivity index (χ0v) is 23.3. The van der Waals surface area contributed by atoms with Gasteiger partial charge in [-0.05, 0) is 43.2 Å². The summed E-state index contributed by atoms with van der Waals surface area (Å²) < 4.78 is 17.3. The minimum Gasteiger partial charge on any atom is -0.493 e. The van der Waals surface area contributed by atoms with Crippen molar-refractivity contribution in [3.8, 4) is 17.6 Å². The molecule has 11 heteroatoms. The number of morpholine rings is 1. The van der Waals surface area contributed by atoms with E-state index in [1.54, 1.807) is 42.5 Å². The number of fused-ring (bicyclic) bond motifs is 1. The largest absolute Gasteiger partial charge is 0.493 e. The minimum atomic E-state index is -0.188. The highest BCUT2D eigenvalue weighted by Crippen LogP contribution is 2.38. The maximum absolute atomic E-state index is 12.9. The Labute approximate surface area is 239 Å². The van der Waals surface area contributed by atoms with Crippen molar-refractivity contribution in [2.24, 2.45) is 0 Å². The van der Waals surface area contributed by atoms with Crippen LogP contribution in [0.3, 0.4) is 0 Å². The number of urea groups is 1. The van der Waals surface area contributed by atoms with Crippen LogP contribution >= 0.6 is 0 Å². The fourth-order valence-corrected chi connectivity index (χ4v) is 5.27. The lowest BCUT2D eigenvalue weighted by molar-refractivity contribution is 0.0721. The van der Waals surface area contributed by atoms with Crippen molar-refractivity contribution in [2.75, 3.05) is 69.9 Å². The molecule has 2 aromatic carbocycles. The Morgan fingerprint density at radius 1 is 1.22 bits per heavy atom. The number of nitrogens with one attached hydrogen (secondary N) is 2. The third-order valence-electron chi connectivity index (χ3n) is 7.47. The van der Waals surface area contributed by atoms with Crippen LogP contribution in [0, 0.1) is 11.3 Å². The molecule has 0 bridgehead atoms. The van der Waals surface area contributed by atoms with Gasteiger partial charge >= 0.3 is 6.03 Å². The number of anilines is 2. The summed E-state index contributed by atoms with van der Waals surface area (Å²) >= 11 is 0. The average molecular weight is 561 g/mol. The average Bonchev–Trinajstić information content (AvgIpc) is 3.03. The number of carbonyl (C=O) groups excluding carboxylic acids is 1. The number of nitriles is 1. The molecule has 0 aliphatic carbocycles. The van der Waals surface area contributed by atoms with Crippen molar-refractivity contribution >= 4 is 28.3 Å². The van der Waals surface area contributed by atoms with Gasteiger partial charge in [0.25, 0.3) is 0 Å². The molecule has 41 heavy (non-hydrogen) atoms. The Balaban J connectivity index is 1.26. The van der Waals surface area contributed by atoms with E-state index in [0.717, 1.165) is 49.2 Å². The number of aromatic nitrogens is 1. The fraction of sp³-hybridized carbons (Fsp3) is 0.433. The van der Waals surface area contributed by atoms with E-state index >= 15 is 0 Å². The van der Waals surface area contributed by atoms with Gasteiger partial charge in [-0.2, -0.15) is 5.26 Å². The van der Waals surface area contributed by atoms with Crippen molar-refractivity contribution in [3.63, 3.8) is 0 Å². The van der Waals surface area contributed by atoms with Gasteiger partial charge in [0.05, 0.1) is 56.4 Å². The Hall–Kier alpha value is -4.11. The van der Waals surface area contributed by atoms with Gasteiger partial charge in [0.1, 0.15) is 0 Å². The third kappa shape index (κ3) is 6.79. The number of nitrogens with zero attached hydrogens (tertiary/aromatic N) is 4. The molecule has 2 saturated heterocycles. The highest BCUT2D eigenvalue weighted by molar-refractivity contribution is 5.96. The normalized spacial score (nSPS) is 17.2. The van der Waals surface area contributed by atoms with Crippen LogP contribution in [-0.4, -0.2) is 86.7 Å². The summed E-state index contributed by atoms with van der Waals surface area (Å²) in [6.45, 7) is 4.97. The lowest BCUT2D eigenvalue weighted by Gasteiger charge is -2.37. The Morgan fingerprint density at radius 2 is 2.02 bits per heavy atom. The summed E-state index contributed by atoms with van der Waals surface area (Å²) in [6.07, 6.45) is 3.55. The molecule has 0 radical (unpaired) electrons. The molecular formula is C30H36N6O5. The lowest BCUT2D eigenvalue weighted by Crippen LogP contribution is -2.50. The second-order valence-electron chi connectivity index (χ2n) is 10.1. The number of aliphatic hydroxyl groups is 1. The summed E-state index contributed by atoms with van der Waals surface area (Å²) in [4.78, 5) is 21.4. The third-order valence-corrected chi connectivity index (χ3v) is 7.47. The molecule has 11 nitrogen and oxygen atoms in total. The van der Waals surface area contributed by atoms with Crippen molar-refractivity contribution in [1.29, 1.82) is 5.26 Å². The highest BCUT2D eigenvalue weighted by atomic mass is 16.5. The summed E-state index contributed by atoms with van der Waals surface area (Å²) in [5.41, 5.74) is 3.53. The molecule has 2 aliphatic rings. The van der Waals surface area contributed by atoms with Crippen LogP contribution in [0.25, 0.3) is 10.9 Å². The summed E-state index contributed by atoms with van der Waals surface area (Å²) in [5.74, 6) is 1.24. The molecule has 0 spiro atoms. The maximum Gasteiger partial charge on any atom is 0.321 e. The molecule has 2 fully saturated rings. The number of benzene rings is 2. The topological polar surface area (TPSA) is 132 Å². The van der Waals surface area contributed by atoms with Crippen LogP contribution in [0.4, 0.5) is 16.2 Å². The Kier molecular flexibility index (Phi) is 9.36. The maximum atomic E-state index is 12.9. The van der Waals surface area contributed by atoms with Crippen LogP contribution in [0.15, 0.2) is 42.6 Å². The number of carbonyl (C=O) groups is 1. The van der Waals surface area contributed by atoms with Crippen LogP contribution in [0.2, 0.25) is 0 Å². The van der Waals surface area contributed by atoms with Crippen molar-refractivity contribution in [3.05, 3.63) is 53.7 Å². The number of piperazine rings is 1. The second-order valence-corrected chi connectivity index (χ2v) is 10.1. The quantitative estimate of drug-likeness (QED) is 0.338. The van der Waals surface area contributed by atoms with Gasteiger partial charge in [0, 0.05) is 67.7 Å². The first-order valence-electron chi connectivity index (χ1n) is 13.9. The van der Waals surface area contributed by atoms with E-state index in [-0.39, 0.29) is 12.6 Å². The first-order valence-corrected chi connectivity index (χ1v) is 13.9. The van der Waals surface area contributed by atoms with E-state index in [0.29, 0.717) is 67.1 Å². The molecular weight excluding hydrogens is 524 g/mol. The van der Waals surface area contributed by atoms with E-state index in [9.17, 15) is 9.90 Å². The van der Waals surface area contributed by atoms with Gasteiger partial charge in [-0.1, -0.05) is 0 Å². The first kappa shape index (κ1) is 28.4. The van der Waals surface area contributed by atoms with Crippen LogP contribution < -0.4 is 25.0 Å². The number of amides is 2. The number of hydrogen-bond acceptors (Lipinski definition) is 9. The number of aliphatic hydroxyl groups excluding tert-OH is 1. The number of ether oxygens (including phenoxy) is 3. The van der Waals surface area contributed by atoms with Crippen LogP contribution in [0.5, 0.6) is 11.5 Å². The number of methoxy groups -OCH3 is 1. The van der Waals surface area contributed by atoms with E-state index in [2.05, 4.69) is 26.6 Å². The fourth-order valence-electron chi connectivity index (χ4n) is 5.27. The number of rotatable bonds is 9. The predicted octanol–water partition coefficient (Wildman–Crippen LogP) is 3.11. The van der Waals surface area contributed by atoms with Gasteiger partial charge in [0.15, 0.2) is 11.5 Å². The number of pyridine rings is 1. The van der Waals surface area contributed by atoms with E-state index in [1.165, 1.54) is 0 Å². The summed E-state index contributed by atoms with van der Waals surface area (Å²) in [5, 5.41) is 26.3. The van der Waals surface area contributed by atoms with Crippen molar-refractivity contribution in [2.45, 2.75) is 25.5 Å². The van der Waals surface area contributed by atoms with E-state index in [4.69, 9.17) is 19.5 Å². The first-order chi connectivity index (χ1) is 20.1. The molecule has 0 saturated carbocycles. The molecule has 3 aromatic rings. The molecule has 1 atom stereocenters. The number of hydrogen-bond donors (Lipinski definition) is 3. The van der Waals surface area contributed by atoms with Gasteiger partial charge < -0.3 is 39.8 Å². The van der Waals surface area contributed by atoms with E-state index < -0.39 is 0 Å². The van der Waals surface area contributed by atoms with Crippen molar-refractivity contribution < 1.29 is 24.1 Å². The van der Waals surface area contributed by atoms with Gasteiger partial charge in [0.2, 0.25) is 0 Å². The van der Waals surface area contributed by atoms with Gasteiger partial charge in [-0.25, -0.2) is 4.79 Å². The second kappa shape index (κ2) is 13.5. The Bertz CT molecular complexity index is 1380.